The second-order valence-corrected chi connectivity index (χ2v) is 5.24. The van der Waals surface area contributed by atoms with Crippen molar-refractivity contribution in [3.8, 4) is 0 Å². The van der Waals surface area contributed by atoms with Crippen LogP contribution in [0.25, 0.3) is 0 Å². The lowest BCUT2D eigenvalue weighted by Crippen LogP contribution is -2.31. The number of rotatable bonds is 1. The third-order valence-corrected chi connectivity index (χ3v) is 4.07. The van der Waals surface area contributed by atoms with Gasteiger partial charge in [-0.05, 0) is 19.3 Å². The number of allylic oxidation sites excluding steroid dienone is 1. The Labute approximate surface area is 108 Å². The number of hydrogen-bond acceptors (Lipinski definition) is 6. The lowest BCUT2D eigenvalue weighted by molar-refractivity contribution is -0.155. The van der Waals surface area contributed by atoms with E-state index in [0.717, 1.165) is 5.57 Å². The fourth-order valence-corrected chi connectivity index (χ4v) is 3.18. The summed E-state index contributed by atoms with van der Waals surface area (Å²) in [6.45, 7) is 1.74. The number of cyclic esters (lactones) is 4. The van der Waals surface area contributed by atoms with E-state index < -0.39 is 41.6 Å². The summed E-state index contributed by atoms with van der Waals surface area (Å²) in [6, 6.07) is 0. The van der Waals surface area contributed by atoms with Gasteiger partial charge in [0, 0.05) is 0 Å². The van der Waals surface area contributed by atoms with Crippen LogP contribution in [0.4, 0.5) is 0 Å². The number of esters is 4. The predicted octanol–water partition coefficient (Wildman–Crippen LogP) is 0.358. The third-order valence-electron chi connectivity index (χ3n) is 4.07. The van der Waals surface area contributed by atoms with Gasteiger partial charge in [-0.2, -0.15) is 0 Å². The van der Waals surface area contributed by atoms with E-state index in [-0.39, 0.29) is 12.3 Å². The summed E-state index contributed by atoms with van der Waals surface area (Å²) < 4.78 is 9.17. The lowest BCUT2D eigenvalue weighted by Gasteiger charge is -2.27. The summed E-state index contributed by atoms with van der Waals surface area (Å²) in [6.07, 6.45) is 2.18. The van der Waals surface area contributed by atoms with Crippen LogP contribution in [-0.2, 0) is 28.7 Å². The highest BCUT2D eigenvalue weighted by Crippen LogP contribution is 2.43. The summed E-state index contributed by atoms with van der Waals surface area (Å²) in [5.41, 5.74) is 0.726. The van der Waals surface area contributed by atoms with Gasteiger partial charge >= 0.3 is 23.9 Å². The molecule has 0 spiro atoms. The van der Waals surface area contributed by atoms with Crippen LogP contribution in [0, 0.1) is 23.7 Å². The molecule has 0 saturated carbocycles. The fraction of sp³-hybridized carbons (Fsp3) is 0.538. The Bertz CT molecular complexity index is 531. The number of hydrogen-bond donors (Lipinski definition) is 0. The summed E-state index contributed by atoms with van der Waals surface area (Å²) in [7, 11) is 0. The molecule has 0 amide bonds. The summed E-state index contributed by atoms with van der Waals surface area (Å²) in [5.74, 6) is -4.01. The van der Waals surface area contributed by atoms with E-state index in [9.17, 15) is 19.2 Å². The first-order chi connectivity index (χ1) is 8.97. The Morgan fingerprint density at radius 3 is 2.32 bits per heavy atom. The van der Waals surface area contributed by atoms with Crippen LogP contribution in [0.15, 0.2) is 11.6 Å². The van der Waals surface area contributed by atoms with Crippen molar-refractivity contribution >= 4 is 23.9 Å². The quantitative estimate of drug-likeness (QED) is 0.386. The molecule has 2 fully saturated rings. The Kier molecular flexibility index (Phi) is 2.55. The van der Waals surface area contributed by atoms with E-state index in [4.69, 9.17) is 0 Å². The molecule has 0 aromatic rings. The van der Waals surface area contributed by atoms with Gasteiger partial charge in [-0.1, -0.05) is 11.6 Å². The van der Waals surface area contributed by atoms with Crippen LogP contribution in [0.2, 0.25) is 0 Å². The minimum absolute atomic E-state index is 0.0354. The minimum Gasteiger partial charge on any atom is -0.393 e. The van der Waals surface area contributed by atoms with Crippen molar-refractivity contribution in [3.05, 3.63) is 11.6 Å². The minimum atomic E-state index is -0.549. The first-order valence-electron chi connectivity index (χ1n) is 6.15. The molecule has 6 nitrogen and oxygen atoms in total. The zero-order chi connectivity index (χ0) is 13.7. The molecule has 0 aromatic carbocycles. The zero-order valence-corrected chi connectivity index (χ0v) is 10.3. The Morgan fingerprint density at radius 2 is 1.68 bits per heavy atom. The normalized spacial score (nSPS) is 37.8. The van der Waals surface area contributed by atoms with Gasteiger partial charge in [0.05, 0.1) is 24.2 Å². The Morgan fingerprint density at radius 1 is 1.00 bits per heavy atom. The van der Waals surface area contributed by atoms with Gasteiger partial charge in [0.25, 0.3) is 0 Å². The summed E-state index contributed by atoms with van der Waals surface area (Å²) >= 11 is 0. The Balaban J connectivity index is 1.89. The highest BCUT2D eigenvalue weighted by Gasteiger charge is 2.51. The molecule has 0 radical (unpaired) electrons. The molecule has 3 aliphatic rings. The molecular formula is C13H12O6. The third kappa shape index (κ3) is 1.78. The maximum atomic E-state index is 11.6. The first-order valence-corrected chi connectivity index (χ1v) is 6.15. The molecule has 0 bridgehead atoms. The SMILES string of the molecule is CC1=C[C@@H]([C@@H]2CC(=O)OC2=O)C[C@@H]2C(=O)OC(=O)[C@H]12. The molecule has 0 aromatic heterocycles. The number of carbonyl (C=O) groups is 4. The molecule has 19 heavy (non-hydrogen) atoms. The van der Waals surface area contributed by atoms with Gasteiger partial charge in [-0.25, -0.2) is 0 Å². The molecule has 4 atom stereocenters. The van der Waals surface area contributed by atoms with Crippen molar-refractivity contribution in [2.45, 2.75) is 19.8 Å². The van der Waals surface area contributed by atoms with Gasteiger partial charge in [0.2, 0.25) is 0 Å². The molecule has 2 saturated heterocycles. The van der Waals surface area contributed by atoms with Crippen LogP contribution in [0.3, 0.4) is 0 Å². The molecule has 2 aliphatic heterocycles. The van der Waals surface area contributed by atoms with Crippen molar-refractivity contribution in [1.82, 2.24) is 0 Å². The van der Waals surface area contributed by atoms with Crippen LogP contribution >= 0.6 is 0 Å². The lowest BCUT2D eigenvalue weighted by atomic mass is 9.72. The Hall–Kier alpha value is -1.98. The molecule has 3 rings (SSSR count). The zero-order valence-electron chi connectivity index (χ0n) is 10.3. The summed E-state index contributed by atoms with van der Waals surface area (Å²) in [5, 5.41) is 0. The van der Waals surface area contributed by atoms with E-state index in [0.29, 0.717) is 6.42 Å². The largest absolute Gasteiger partial charge is 0.393 e. The van der Waals surface area contributed by atoms with Gasteiger partial charge in [0.15, 0.2) is 0 Å². The van der Waals surface area contributed by atoms with Gasteiger partial charge < -0.3 is 9.47 Å². The maximum Gasteiger partial charge on any atom is 0.321 e. The number of carbonyl (C=O) groups excluding carboxylic acids is 4. The second kappa shape index (κ2) is 4.01. The molecular weight excluding hydrogens is 252 g/mol. The maximum absolute atomic E-state index is 11.6. The van der Waals surface area contributed by atoms with Crippen molar-refractivity contribution in [2.24, 2.45) is 23.7 Å². The smallest absolute Gasteiger partial charge is 0.321 e. The molecule has 1 aliphatic carbocycles. The van der Waals surface area contributed by atoms with E-state index in [1.807, 2.05) is 0 Å². The first kappa shape index (κ1) is 12.1. The molecule has 6 heteroatoms. The highest BCUT2D eigenvalue weighted by molar-refractivity contribution is 5.99. The van der Waals surface area contributed by atoms with E-state index in [1.165, 1.54) is 0 Å². The van der Waals surface area contributed by atoms with E-state index in [1.54, 1.807) is 13.0 Å². The van der Waals surface area contributed by atoms with Gasteiger partial charge in [0.1, 0.15) is 0 Å². The molecule has 100 valence electrons. The van der Waals surface area contributed by atoms with Gasteiger partial charge in [-0.15, -0.1) is 0 Å². The molecule has 0 unspecified atom stereocenters. The van der Waals surface area contributed by atoms with Crippen LogP contribution in [-0.4, -0.2) is 23.9 Å². The van der Waals surface area contributed by atoms with Crippen LogP contribution in [0.1, 0.15) is 19.8 Å². The van der Waals surface area contributed by atoms with E-state index >= 15 is 0 Å². The standard InChI is InChI=1S/C13H12O6/c1-5-2-6(7-4-9(14)18-11(7)15)3-8-10(5)13(17)19-12(8)16/h2,6-8,10H,3-4H2,1H3/t6-,7+,8+,10-/m1/s1. The summed E-state index contributed by atoms with van der Waals surface area (Å²) in [4.78, 5) is 45.9. The topological polar surface area (TPSA) is 86.7 Å². The van der Waals surface area contributed by atoms with Crippen molar-refractivity contribution in [2.75, 3.05) is 0 Å². The highest BCUT2D eigenvalue weighted by atomic mass is 16.6. The monoisotopic (exact) mass is 264 g/mol. The molecule has 0 N–H and O–H groups in total. The number of ether oxygens (including phenoxy) is 2. The number of fused-ring (bicyclic) bond motifs is 1. The average Bonchev–Trinajstić information content (AvgIpc) is 2.80. The van der Waals surface area contributed by atoms with Crippen LogP contribution < -0.4 is 0 Å². The van der Waals surface area contributed by atoms with Crippen molar-refractivity contribution in [1.29, 1.82) is 0 Å². The van der Waals surface area contributed by atoms with E-state index in [2.05, 4.69) is 9.47 Å². The molecule has 2 heterocycles. The average molecular weight is 264 g/mol. The predicted molar refractivity (Wildman–Crippen MR) is 59.1 cm³/mol. The van der Waals surface area contributed by atoms with Crippen molar-refractivity contribution < 1.29 is 28.7 Å². The second-order valence-electron chi connectivity index (χ2n) is 5.24. The van der Waals surface area contributed by atoms with Crippen molar-refractivity contribution in [3.63, 3.8) is 0 Å². The fourth-order valence-electron chi connectivity index (χ4n) is 3.18. The van der Waals surface area contributed by atoms with Gasteiger partial charge in [-0.3, -0.25) is 19.2 Å². The van der Waals surface area contributed by atoms with Crippen LogP contribution in [0.5, 0.6) is 0 Å².